The molecule has 1 amide bonds. The van der Waals surface area contributed by atoms with Crippen LogP contribution in [-0.4, -0.2) is 36.8 Å². The highest BCUT2D eigenvalue weighted by Crippen LogP contribution is 2.11. The third-order valence-electron chi connectivity index (χ3n) is 2.43. The van der Waals surface area contributed by atoms with Crippen LogP contribution in [0.25, 0.3) is 0 Å². The van der Waals surface area contributed by atoms with Crippen molar-refractivity contribution < 1.29 is 14.3 Å². The van der Waals surface area contributed by atoms with Gasteiger partial charge in [0.1, 0.15) is 12.0 Å². The number of carbonyl (C=O) groups is 2. The van der Waals surface area contributed by atoms with Gasteiger partial charge in [0.05, 0.1) is 0 Å². The van der Waals surface area contributed by atoms with Crippen LogP contribution in [0.15, 0.2) is 49.6 Å². The van der Waals surface area contributed by atoms with Crippen molar-refractivity contribution in [2.45, 2.75) is 0 Å². The molecule has 1 aromatic rings. The van der Waals surface area contributed by atoms with Crippen LogP contribution in [0.5, 0.6) is 5.75 Å². The molecule has 0 radical (unpaired) electrons. The number of nitrogens with zero attached hydrogens (tertiary/aromatic N) is 1. The molecule has 0 aromatic heterocycles. The highest BCUT2D eigenvalue weighted by atomic mass is 16.5. The number of hydrogen-bond donors (Lipinski definition) is 0. The predicted molar refractivity (Wildman–Crippen MR) is 74.3 cm³/mol. The van der Waals surface area contributed by atoms with Gasteiger partial charge in [0.25, 0.3) is 5.91 Å². The molecule has 0 fully saturated rings. The number of hydrogen-bond acceptors (Lipinski definition) is 3. The minimum Gasteiger partial charge on any atom is -0.484 e. The smallest absolute Gasteiger partial charge is 0.261 e. The number of carbonyl (C=O) groups excluding carboxylic acids is 2. The van der Waals surface area contributed by atoms with Gasteiger partial charge in [-0.3, -0.25) is 9.59 Å². The molecule has 1 aromatic carbocycles. The van der Waals surface area contributed by atoms with Gasteiger partial charge in [-0.25, -0.2) is 0 Å². The number of amides is 1. The van der Waals surface area contributed by atoms with E-state index in [4.69, 9.17) is 4.74 Å². The summed E-state index contributed by atoms with van der Waals surface area (Å²) in [6.07, 6.45) is 4.06. The fourth-order valence-electron chi connectivity index (χ4n) is 1.47. The van der Waals surface area contributed by atoms with Gasteiger partial charge < -0.3 is 9.64 Å². The topological polar surface area (TPSA) is 46.6 Å². The van der Waals surface area contributed by atoms with Gasteiger partial charge in [0.15, 0.2) is 6.61 Å². The van der Waals surface area contributed by atoms with E-state index in [0.29, 0.717) is 24.4 Å². The average molecular weight is 259 g/mol. The summed E-state index contributed by atoms with van der Waals surface area (Å²) in [6.45, 7) is 8.06. The van der Waals surface area contributed by atoms with Crippen LogP contribution in [0.4, 0.5) is 0 Å². The highest BCUT2D eigenvalue weighted by Gasteiger charge is 2.11. The lowest BCUT2D eigenvalue weighted by Crippen LogP contribution is -2.35. The molecule has 0 N–H and O–H groups in total. The van der Waals surface area contributed by atoms with Gasteiger partial charge in [-0.1, -0.05) is 12.2 Å². The van der Waals surface area contributed by atoms with Gasteiger partial charge in [0.2, 0.25) is 0 Å². The normalized spacial score (nSPS) is 9.47. The summed E-state index contributed by atoms with van der Waals surface area (Å²) in [7, 11) is 0. The monoisotopic (exact) mass is 259 g/mol. The van der Waals surface area contributed by atoms with Gasteiger partial charge in [-0.05, 0) is 24.3 Å². The van der Waals surface area contributed by atoms with Crippen molar-refractivity contribution in [3.05, 3.63) is 55.1 Å². The van der Waals surface area contributed by atoms with E-state index >= 15 is 0 Å². The van der Waals surface area contributed by atoms with Crippen molar-refractivity contribution in [3.63, 3.8) is 0 Å². The second kappa shape index (κ2) is 7.87. The molecule has 0 aliphatic rings. The molecule has 1 rings (SSSR count). The Morgan fingerprint density at radius 1 is 1.16 bits per heavy atom. The van der Waals surface area contributed by atoms with E-state index in [-0.39, 0.29) is 12.5 Å². The van der Waals surface area contributed by atoms with Crippen LogP contribution in [0, 0.1) is 0 Å². The maximum Gasteiger partial charge on any atom is 0.261 e. The highest BCUT2D eigenvalue weighted by molar-refractivity contribution is 5.78. The summed E-state index contributed by atoms with van der Waals surface area (Å²) in [5.41, 5.74) is 0.568. The van der Waals surface area contributed by atoms with E-state index in [1.54, 1.807) is 41.3 Å². The molecule has 4 heteroatoms. The summed E-state index contributed by atoms with van der Waals surface area (Å²) >= 11 is 0. The molecule has 0 unspecified atom stereocenters. The lowest BCUT2D eigenvalue weighted by atomic mass is 10.2. The number of benzene rings is 1. The van der Waals surface area contributed by atoms with E-state index in [1.807, 2.05) is 0 Å². The Morgan fingerprint density at radius 3 is 2.21 bits per heavy atom. The summed E-state index contributed by atoms with van der Waals surface area (Å²) in [4.78, 5) is 23.9. The third-order valence-corrected chi connectivity index (χ3v) is 2.43. The first-order valence-electron chi connectivity index (χ1n) is 5.89. The molecule has 0 saturated heterocycles. The van der Waals surface area contributed by atoms with Crippen molar-refractivity contribution in [2.75, 3.05) is 19.7 Å². The van der Waals surface area contributed by atoms with Crippen LogP contribution in [0.2, 0.25) is 0 Å². The minimum atomic E-state index is -0.140. The maximum absolute atomic E-state index is 11.9. The lowest BCUT2D eigenvalue weighted by Gasteiger charge is -2.19. The molecule has 0 bridgehead atoms. The zero-order chi connectivity index (χ0) is 14.1. The predicted octanol–water partition coefficient (Wildman–Crippen LogP) is 2.08. The largest absolute Gasteiger partial charge is 0.484 e. The van der Waals surface area contributed by atoms with Crippen molar-refractivity contribution >= 4 is 12.2 Å². The maximum atomic E-state index is 11.9. The molecule has 4 nitrogen and oxygen atoms in total. The fourth-order valence-corrected chi connectivity index (χ4v) is 1.47. The van der Waals surface area contributed by atoms with Crippen LogP contribution in [0.1, 0.15) is 10.4 Å². The fraction of sp³-hybridized carbons (Fsp3) is 0.200. The molecular weight excluding hydrogens is 242 g/mol. The van der Waals surface area contributed by atoms with Gasteiger partial charge in [-0.15, -0.1) is 13.2 Å². The van der Waals surface area contributed by atoms with Crippen LogP contribution in [0.3, 0.4) is 0 Å². The van der Waals surface area contributed by atoms with Gasteiger partial charge >= 0.3 is 0 Å². The summed E-state index contributed by atoms with van der Waals surface area (Å²) < 4.78 is 5.37. The molecule has 0 aliphatic carbocycles. The first-order valence-corrected chi connectivity index (χ1v) is 5.89. The molecule has 0 heterocycles. The zero-order valence-corrected chi connectivity index (χ0v) is 10.7. The van der Waals surface area contributed by atoms with E-state index in [1.165, 1.54) is 0 Å². The van der Waals surface area contributed by atoms with Crippen LogP contribution in [-0.2, 0) is 4.79 Å². The quantitative estimate of drug-likeness (QED) is 0.530. The zero-order valence-electron chi connectivity index (χ0n) is 10.7. The second-order valence-corrected chi connectivity index (χ2v) is 3.85. The Bertz CT molecular complexity index is 441. The first kappa shape index (κ1) is 14.7. The standard InChI is InChI=1S/C15H17NO3/c1-3-9-16(10-4-2)15(18)12-19-14-7-5-13(11-17)6-8-14/h3-8,11H,1-2,9-10,12H2. The Labute approximate surface area is 113 Å². The Kier molecular flexibility index (Phi) is 6.09. The second-order valence-electron chi connectivity index (χ2n) is 3.85. The van der Waals surface area contributed by atoms with E-state index in [2.05, 4.69) is 13.2 Å². The summed E-state index contributed by atoms with van der Waals surface area (Å²) in [5.74, 6) is 0.412. The third kappa shape index (κ3) is 4.79. The Hall–Kier alpha value is -2.36. The summed E-state index contributed by atoms with van der Waals surface area (Å²) in [5, 5.41) is 0. The van der Waals surface area contributed by atoms with Gasteiger partial charge in [0, 0.05) is 18.7 Å². The van der Waals surface area contributed by atoms with Crippen molar-refractivity contribution in [1.29, 1.82) is 0 Å². The van der Waals surface area contributed by atoms with Crippen LogP contribution < -0.4 is 4.74 Å². The van der Waals surface area contributed by atoms with E-state index in [0.717, 1.165) is 6.29 Å². The van der Waals surface area contributed by atoms with Crippen molar-refractivity contribution in [2.24, 2.45) is 0 Å². The molecule has 0 saturated carbocycles. The molecule has 0 aliphatic heterocycles. The molecule has 0 spiro atoms. The Balaban J connectivity index is 2.53. The molecule has 100 valence electrons. The number of aldehydes is 1. The van der Waals surface area contributed by atoms with E-state index in [9.17, 15) is 9.59 Å². The van der Waals surface area contributed by atoms with E-state index < -0.39 is 0 Å². The number of rotatable bonds is 8. The molecule has 19 heavy (non-hydrogen) atoms. The van der Waals surface area contributed by atoms with Crippen molar-refractivity contribution in [3.8, 4) is 5.75 Å². The average Bonchev–Trinajstić information content (AvgIpc) is 2.45. The number of ether oxygens (including phenoxy) is 1. The first-order chi connectivity index (χ1) is 9.21. The minimum absolute atomic E-state index is 0.0535. The molecule has 0 atom stereocenters. The molecular formula is C15H17NO3. The van der Waals surface area contributed by atoms with Gasteiger partial charge in [-0.2, -0.15) is 0 Å². The van der Waals surface area contributed by atoms with Crippen molar-refractivity contribution in [1.82, 2.24) is 4.90 Å². The van der Waals surface area contributed by atoms with Crippen LogP contribution >= 0.6 is 0 Å². The SMILES string of the molecule is C=CCN(CC=C)C(=O)COc1ccc(C=O)cc1. The lowest BCUT2D eigenvalue weighted by molar-refractivity contribution is -0.132. The Morgan fingerprint density at radius 2 is 1.74 bits per heavy atom. The summed E-state index contributed by atoms with van der Waals surface area (Å²) in [6, 6.07) is 6.58.